The molecule has 2 nitrogen and oxygen atoms in total. The molecule has 0 radical (unpaired) electrons. The molecule has 0 aliphatic rings. The van der Waals surface area contributed by atoms with Crippen LogP contribution in [-0.4, -0.2) is 16.1 Å². The van der Waals surface area contributed by atoms with Gasteiger partial charge in [0.2, 0.25) is 0 Å². The molecule has 7 heteroatoms. The Morgan fingerprint density at radius 1 is 1.35 bits per heavy atom. The van der Waals surface area contributed by atoms with Gasteiger partial charge in [-0.1, -0.05) is 46.3 Å². The highest BCUT2D eigenvalue weighted by atomic mass is 127. The first kappa shape index (κ1) is 14.6. The summed E-state index contributed by atoms with van der Waals surface area (Å²) in [5.41, 5.74) is 0.802. The van der Waals surface area contributed by atoms with E-state index in [1.54, 1.807) is 46.9 Å². The maximum atomic E-state index is 12.0. The first-order valence-corrected chi connectivity index (χ1v) is 6.17. The van der Waals surface area contributed by atoms with Gasteiger partial charge in [0.1, 0.15) is 0 Å². The second-order valence-electron chi connectivity index (χ2n) is 3.27. The number of rotatable bonds is 3. The minimum atomic E-state index is -4.84. The molecule has 1 amide bonds. The molecule has 17 heavy (non-hydrogen) atoms. The van der Waals surface area contributed by atoms with E-state index in [-0.39, 0.29) is 0 Å². The summed E-state index contributed by atoms with van der Waals surface area (Å²) in [6, 6.07) is 6.69. The zero-order chi connectivity index (χ0) is 13.1. The molecule has 1 unspecified atom stereocenters. The van der Waals surface area contributed by atoms with E-state index in [0.29, 0.717) is 11.4 Å². The number of hydrogen-bond donors (Lipinski definition) is 1. The standard InChI is InChI=1S/C10H8ClF3INO/c11-7-3-1-6(2-4-7)5-8(15)16-9(17)10(12,13)14/h1-4,8H,5H2,(H,16,17). The monoisotopic (exact) mass is 377 g/mol. The molecule has 1 N–H and O–H groups in total. The van der Waals surface area contributed by atoms with E-state index >= 15 is 0 Å². The largest absolute Gasteiger partial charge is 0.471 e. The third kappa shape index (κ3) is 5.12. The Balaban J connectivity index is 2.53. The van der Waals surface area contributed by atoms with Crippen LogP contribution in [0, 0.1) is 0 Å². The Morgan fingerprint density at radius 3 is 2.35 bits per heavy atom. The number of carbonyl (C=O) groups is 1. The summed E-state index contributed by atoms with van der Waals surface area (Å²) in [6.07, 6.45) is -4.54. The Labute approximate surface area is 115 Å². The first-order valence-electron chi connectivity index (χ1n) is 4.55. The fraction of sp³-hybridized carbons (Fsp3) is 0.300. The molecular weight excluding hydrogens is 369 g/mol. The van der Waals surface area contributed by atoms with Gasteiger partial charge in [-0.2, -0.15) is 13.2 Å². The maximum absolute atomic E-state index is 12.0. The van der Waals surface area contributed by atoms with Gasteiger partial charge in [-0.3, -0.25) is 4.79 Å². The highest BCUT2D eigenvalue weighted by Crippen LogP contribution is 2.17. The lowest BCUT2D eigenvalue weighted by Crippen LogP contribution is -2.41. The molecule has 0 fully saturated rings. The van der Waals surface area contributed by atoms with Crippen molar-refractivity contribution in [3.8, 4) is 0 Å². The summed E-state index contributed by atoms with van der Waals surface area (Å²) >= 11 is 7.42. The fourth-order valence-electron chi connectivity index (χ4n) is 1.10. The van der Waals surface area contributed by atoms with Crippen LogP contribution in [0.4, 0.5) is 13.2 Å². The Hall–Kier alpha value is -0.500. The molecule has 1 atom stereocenters. The lowest BCUT2D eigenvalue weighted by Gasteiger charge is -2.13. The van der Waals surface area contributed by atoms with Crippen LogP contribution in [0.3, 0.4) is 0 Å². The fourth-order valence-corrected chi connectivity index (χ4v) is 2.02. The average Bonchev–Trinajstić information content (AvgIpc) is 2.20. The van der Waals surface area contributed by atoms with Crippen LogP contribution in [0.2, 0.25) is 5.02 Å². The molecule has 0 bridgehead atoms. The molecule has 1 aromatic carbocycles. The minimum Gasteiger partial charge on any atom is -0.336 e. The van der Waals surface area contributed by atoms with Gasteiger partial charge in [-0.05, 0) is 17.7 Å². The molecular formula is C10H8ClF3INO. The summed E-state index contributed by atoms with van der Waals surface area (Å²) in [5.74, 6) is -1.93. The predicted octanol–water partition coefficient (Wildman–Crippen LogP) is 3.32. The highest BCUT2D eigenvalue weighted by Gasteiger charge is 2.39. The zero-order valence-electron chi connectivity index (χ0n) is 8.39. The topological polar surface area (TPSA) is 29.1 Å². The molecule has 0 saturated heterocycles. The van der Waals surface area contributed by atoms with E-state index in [9.17, 15) is 18.0 Å². The van der Waals surface area contributed by atoms with E-state index in [2.05, 4.69) is 0 Å². The van der Waals surface area contributed by atoms with Crippen molar-refractivity contribution in [2.75, 3.05) is 0 Å². The van der Waals surface area contributed by atoms with Gasteiger partial charge in [0.25, 0.3) is 0 Å². The van der Waals surface area contributed by atoms with Crippen LogP contribution in [0.15, 0.2) is 24.3 Å². The Morgan fingerprint density at radius 2 is 1.88 bits per heavy atom. The van der Waals surface area contributed by atoms with Gasteiger partial charge >= 0.3 is 12.1 Å². The molecule has 1 aromatic rings. The number of nitrogens with one attached hydrogen (secondary N) is 1. The summed E-state index contributed by atoms with van der Waals surface area (Å²) in [5, 5.41) is 2.43. The van der Waals surface area contributed by atoms with Gasteiger partial charge in [0.15, 0.2) is 0 Å². The van der Waals surface area contributed by atoms with Crippen molar-refractivity contribution in [3.05, 3.63) is 34.9 Å². The Bertz CT molecular complexity index is 394. The molecule has 0 spiro atoms. The van der Waals surface area contributed by atoms with Crippen molar-refractivity contribution in [2.45, 2.75) is 16.6 Å². The summed E-state index contributed by atoms with van der Waals surface area (Å²) in [6.45, 7) is 0. The third-order valence-electron chi connectivity index (χ3n) is 1.87. The van der Waals surface area contributed by atoms with E-state index in [1.807, 2.05) is 5.32 Å². The zero-order valence-corrected chi connectivity index (χ0v) is 11.3. The normalized spacial score (nSPS) is 13.2. The third-order valence-corrected chi connectivity index (χ3v) is 2.88. The highest BCUT2D eigenvalue weighted by molar-refractivity contribution is 14.1. The second kappa shape index (κ2) is 5.90. The van der Waals surface area contributed by atoms with Crippen LogP contribution in [0.25, 0.3) is 0 Å². The maximum Gasteiger partial charge on any atom is 0.471 e. The van der Waals surface area contributed by atoms with Crippen LogP contribution in [0.5, 0.6) is 0 Å². The van der Waals surface area contributed by atoms with E-state index in [1.165, 1.54) is 0 Å². The van der Waals surface area contributed by atoms with Crippen LogP contribution < -0.4 is 5.32 Å². The number of benzene rings is 1. The molecule has 0 saturated carbocycles. The van der Waals surface area contributed by atoms with Gasteiger partial charge in [-0.25, -0.2) is 0 Å². The molecule has 1 rings (SSSR count). The van der Waals surface area contributed by atoms with Gasteiger partial charge in [0.05, 0.1) is 4.05 Å². The smallest absolute Gasteiger partial charge is 0.336 e. The lowest BCUT2D eigenvalue weighted by molar-refractivity contribution is -0.173. The number of hydrogen-bond acceptors (Lipinski definition) is 1. The van der Waals surface area contributed by atoms with E-state index in [4.69, 9.17) is 11.6 Å². The lowest BCUT2D eigenvalue weighted by atomic mass is 10.1. The van der Waals surface area contributed by atoms with Crippen LogP contribution >= 0.6 is 34.2 Å². The van der Waals surface area contributed by atoms with E-state index < -0.39 is 16.1 Å². The molecule has 0 aliphatic heterocycles. The minimum absolute atomic E-state index is 0.305. The van der Waals surface area contributed by atoms with Gasteiger partial charge in [-0.15, -0.1) is 0 Å². The average molecular weight is 378 g/mol. The number of carbonyl (C=O) groups excluding carboxylic acids is 1. The summed E-state index contributed by atoms with van der Waals surface area (Å²) < 4.78 is 35.3. The molecule has 0 aromatic heterocycles. The second-order valence-corrected chi connectivity index (χ2v) is 5.21. The SMILES string of the molecule is O=C(NC(I)Cc1ccc(Cl)cc1)C(F)(F)F. The number of amides is 1. The van der Waals surface area contributed by atoms with Gasteiger partial charge < -0.3 is 5.32 Å². The van der Waals surface area contributed by atoms with Crippen molar-refractivity contribution in [3.63, 3.8) is 0 Å². The first-order chi connectivity index (χ1) is 7.79. The molecule has 0 aliphatic carbocycles. The van der Waals surface area contributed by atoms with Crippen LogP contribution in [0.1, 0.15) is 5.56 Å². The number of halogens is 5. The van der Waals surface area contributed by atoms with Crippen LogP contribution in [-0.2, 0) is 11.2 Å². The van der Waals surface area contributed by atoms with Crippen molar-refractivity contribution >= 4 is 40.1 Å². The predicted molar refractivity (Wildman–Crippen MR) is 67.2 cm³/mol. The Kier molecular flexibility index (Phi) is 5.05. The van der Waals surface area contributed by atoms with E-state index in [0.717, 1.165) is 5.56 Å². The summed E-state index contributed by atoms with van der Waals surface area (Å²) in [7, 11) is 0. The molecule has 94 valence electrons. The van der Waals surface area contributed by atoms with Crippen molar-refractivity contribution in [1.82, 2.24) is 5.32 Å². The quantitative estimate of drug-likeness (QED) is 0.489. The van der Waals surface area contributed by atoms with Gasteiger partial charge in [0, 0.05) is 11.4 Å². The molecule has 0 heterocycles. The number of alkyl halides is 4. The van der Waals surface area contributed by atoms with Crippen molar-refractivity contribution < 1.29 is 18.0 Å². The summed E-state index contributed by atoms with van der Waals surface area (Å²) in [4.78, 5) is 10.7. The van der Waals surface area contributed by atoms with Crippen molar-refractivity contribution in [2.24, 2.45) is 0 Å². The van der Waals surface area contributed by atoms with Crippen molar-refractivity contribution in [1.29, 1.82) is 0 Å².